The topological polar surface area (TPSA) is 50.8 Å². The highest BCUT2D eigenvalue weighted by atomic mass is 16.6. The van der Waals surface area contributed by atoms with Crippen LogP contribution >= 0.6 is 0 Å². The molecule has 1 unspecified atom stereocenters. The van der Waals surface area contributed by atoms with Gasteiger partial charge in [0.1, 0.15) is 12.4 Å². The zero-order valence-corrected chi connectivity index (χ0v) is 15.2. The van der Waals surface area contributed by atoms with E-state index in [0.717, 1.165) is 42.8 Å². The standard InChI is InChI=1S/C21H26N2O3/c1-25-20-12-6-5-10-18(20)14-22-15-19-11-7-13-23(19)21(24)26-16-17-8-3-2-4-9-17/h2-6,8-10,12,19,22H,7,11,13-16H2,1H3. The third-order valence-corrected chi connectivity index (χ3v) is 4.70. The summed E-state index contributed by atoms with van der Waals surface area (Å²) in [5, 5.41) is 3.45. The highest BCUT2D eigenvalue weighted by Crippen LogP contribution is 2.20. The summed E-state index contributed by atoms with van der Waals surface area (Å²) in [6.07, 6.45) is 1.79. The van der Waals surface area contributed by atoms with E-state index >= 15 is 0 Å². The number of carbonyl (C=O) groups is 1. The zero-order chi connectivity index (χ0) is 18.2. The van der Waals surface area contributed by atoms with Crippen molar-refractivity contribution in [2.75, 3.05) is 20.2 Å². The SMILES string of the molecule is COc1ccccc1CNCC1CCCN1C(=O)OCc1ccccc1. The van der Waals surface area contributed by atoms with Gasteiger partial charge in [0.25, 0.3) is 0 Å². The van der Waals surface area contributed by atoms with Gasteiger partial charge in [-0.15, -0.1) is 0 Å². The van der Waals surface area contributed by atoms with Crippen LogP contribution in [-0.2, 0) is 17.9 Å². The molecule has 0 bridgehead atoms. The predicted molar refractivity (Wildman–Crippen MR) is 101 cm³/mol. The van der Waals surface area contributed by atoms with E-state index in [4.69, 9.17) is 9.47 Å². The molecule has 2 aromatic carbocycles. The van der Waals surface area contributed by atoms with Gasteiger partial charge in [-0.3, -0.25) is 0 Å². The van der Waals surface area contributed by atoms with Crippen LogP contribution in [0.15, 0.2) is 54.6 Å². The van der Waals surface area contributed by atoms with Crippen molar-refractivity contribution in [3.63, 3.8) is 0 Å². The Kier molecular flexibility index (Phi) is 6.50. The lowest BCUT2D eigenvalue weighted by atomic mass is 10.2. The lowest BCUT2D eigenvalue weighted by Gasteiger charge is -2.24. The van der Waals surface area contributed by atoms with Crippen LogP contribution < -0.4 is 10.1 Å². The maximum atomic E-state index is 12.4. The first kappa shape index (κ1) is 18.3. The molecule has 3 rings (SSSR count). The van der Waals surface area contributed by atoms with Crippen LogP contribution in [-0.4, -0.2) is 37.2 Å². The van der Waals surface area contributed by atoms with Gasteiger partial charge in [0.15, 0.2) is 0 Å². The smallest absolute Gasteiger partial charge is 0.410 e. The van der Waals surface area contributed by atoms with Crippen molar-refractivity contribution in [3.8, 4) is 5.75 Å². The molecule has 0 radical (unpaired) electrons. The van der Waals surface area contributed by atoms with Crippen LogP contribution in [0, 0.1) is 0 Å². The number of hydrogen-bond acceptors (Lipinski definition) is 4. The Hall–Kier alpha value is -2.53. The van der Waals surface area contributed by atoms with Gasteiger partial charge in [-0.25, -0.2) is 4.79 Å². The van der Waals surface area contributed by atoms with Gasteiger partial charge in [0.05, 0.1) is 7.11 Å². The number of likely N-dealkylation sites (tertiary alicyclic amines) is 1. The molecule has 0 spiro atoms. The highest BCUT2D eigenvalue weighted by Gasteiger charge is 2.29. The maximum absolute atomic E-state index is 12.4. The van der Waals surface area contributed by atoms with E-state index in [0.29, 0.717) is 13.2 Å². The number of carbonyl (C=O) groups excluding carboxylic acids is 1. The number of para-hydroxylation sites is 1. The molecule has 2 aromatic rings. The summed E-state index contributed by atoms with van der Waals surface area (Å²) in [6, 6.07) is 17.9. The molecule has 0 aromatic heterocycles. The molecule has 26 heavy (non-hydrogen) atoms. The quantitative estimate of drug-likeness (QED) is 0.826. The van der Waals surface area contributed by atoms with Gasteiger partial charge >= 0.3 is 6.09 Å². The van der Waals surface area contributed by atoms with E-state index in [1.165, 1.54) is 0 Å². The summed E-state index contributed by atoms with van der Waals surface area (Å²) in [7, 11) is 1.68. The average Bonchev–Trinajstić information content (AvgIpc) is 3.16. The summed E-state index contributed by atoms with van der Waals surface area (Å²) in [4.78, 5) is 14.3. The second kappa shape index (κ2) is 9.25. The number of methoxy groups -OCH3 is 1. The molecule has 5 nitrogen and oxygen atoms in total. The van der Waals surface area contributed by atoms with Crippen molar-refractivity contribution in [3.05, 3.63) is 65.7 Å². The minimum Gasteiger partial charge on any atom is -0.496 e. The summed E-state index contributed by atoms with van der Waals surface area (Å²) >= 11 is 0. The molecule has 1 fully saturated rings. The molecule has 1 atom stereocenters. The number of ether oxygens (including phenoxy) is 2. The molecular weight excluding hydrogens is 328 g/mol. The Bertz CT molecular complexity index is 705. The first-order valence-corrected chi connectivity index (χ1v) is 9.08. The zero-order valence-electron chi connectivity index (χ0n) is 15.2. The lowest BCUT2D eigenvalue weighted by Crippen LogP contribution is -2.41. The fourth-order valence-corrected chi connectivity index (χ4v) is 3.31. The van der Waals surface area contributed by atoms with Gasteiger partial charge in [-0.1, -0.05) is 48.5 Å². The van der Waals surface area contributed by atoms with Crippen molar-refractivity contribution in [2.24, 2.45) is 0 Å². The second-order valence-corrected chi connectivity index (χ2v) is 6.47. The summed E-state index contributed by atoms with van der Waals surface area (Å²) in [6.45, 7) is 2.54. The molecule has 1 heterocycles. The normalized spacial score (nSPS) is 16.5. The molecule has 0 aliphatic carbocycles. The molecule has 1 aliphatic rings. The largest absolute Gasteiger partial charge is 0.496 e. The molecule has 1 aliphatic heterocycles. The Morgan fingerprint density at radius 2 is 1.92 bits per heavy atom. The van der Waals surface area contributed by atoms with E-state index in [9.17, 15) is 4.79 Å². The number of rotatable bonds is 7. The molecule has 138 valence electrons. The summed E-state index contributed by atoms with van der Waals surface area (Å²) < 4.78 is 10.9. The van der Waals surface area contributed by atoms with Crippen molar-refractivity contribution < 1.29 is 14.3 Å². The van der Waals surface area contributed by atoms with Crippen molar-refractivity contribution in [1.82, 2.24) is 10.2 Å². The average molecular weight is 354 g/mol. The van der Waals surface area contributed by atoms with Crippen molar-refractivity contribution in [2.45, 2.75) is 32.0 Å². The Morgan fingerprint density at radius 3 is 2.73 bits per heavy atom. The number of nitrogens with zero attached hydrogens (tertiary/aromatic N) is 1. The first-order valence-electron chi connectivity index (χ1n) is 9.08. The van der Waals surface area contributed by atoms with Gasteiger partial charge in [0.2, 0.25) is 0 Å². The van der Waals surface area contributed by atoms with Gasteiger partial charge in [0, 0.05) is 31.2 Å². The molecule has 1 amide bonds. The third-order valence-electron chi connectivity index (χ3n) is 4.70. The number of benzene rings is 2. The molecule has 1 N–H and O–H groups in total. The second-order valence-electron chi connectivity index (χ2n) is 6.47. The van der Waals surface area contributed by atoms with Crippen LogP contribution in [0.5, 0.6) is 5.75 Å². The predicted octanol–water partition coefficient (Wildman–Crippen LogP) is 3.59. The van der Waals surface area contributed by atoms with E-state index in [-0.39, 0.29) is 12.1 Å². The number of hydrogen-bond donors (Lipinski definition) is 1. The molecule has 1 saturated heterocycles. The van der Waals surface area contributed by atoms with Gasteiger partial charge < -0.3 is 19.7 Å². The van der Waals surface area contributed by atoms with Crippen LogP contribution in [0.3, 0.4) is 0 Å². The lowest BCUT2D eigenvalue weighted by molar-refractivity contribution is 0.0919. The Morgan fingerprint density at radius 1 is 1.15 bits per heavy atom. The summed E-state index contributed by atoms with van der Waals surface area (Å²) in [5.41, 5.74) is 2.12. The number of amides is 1. The molecule has 5 heteroatoms. The maximum Gasteiger partial charge on any atom is 0.410 e. The van der Waals surface area contributed by atoms with Gasteiger partial charge in [-0.2, -0.15) is 0 Å². The minimum absolute atomic E-state index is 0.174. The number of nitrogens with one attached hydrogen (secondary N) is 1. The van der Waals surface area contributed by atoms with E-state index in [1.54, 1.807) is 7.11 Å². The van der Waals surface area contributed by atoms with Crippen LogP contribution in [0.1, 0.15) is 24.0 Å². The minimum atomic E-state index is -0.226. The Labute approximate surface area is 154 Å². The monoisotopic (exact) mass is 354 g/mol. The van der Waals surface area contributed by atoms with E-state index < -0.39 is 0 Å². The van der Waals surface area contributed by atoms with Crippen LogP contribution in [0.2, 0.25) is 0 Å². The van der Waals surface area contributed by atoms with E-state index in [2.05, 4.69) is 5.32 Å². The fraction of sp³-hybridized carbons (Fsp3) is 0.381. The molecular formula is C21H26N2O3. The molecule has 0 saturated carbocycles. The van der Waals surface area contributed by atoms with Gasteiger partial charge in [-0.05, 0) is 24.5 Å². The summed E-state index contributed by atoms with van der Waals surface area (Å²) in [5.74, 6) is 0.880. The first-order chi connectivity index (χ1) is 12.8. The fourth-order valence-electron chi connectivity index (χ4n) is 3.31. The highest BCUT2D eigenvalue weighted by molar-refractivity contribution is 5.68. The van der Waals surface area contributed by atoms with Crippen molar-refractivity contribution >= 4 is 6.09 Å². The van der Waals surface area contributed by atoms with E-state index in [1.807, 2.05) is 59.5 Å². The van der Waals surface area contributed by atoms with Crippen LogP contribution in [0.4, 0.5) is 4.79 Å². The van der Waals surface area contributed by atoms with Crippen molar-refractivity contribution in [1.29, 1.82) is 0 Å². The Balaban J connectivity index is 1.47. The van der Waals surface area contributed by atoms with Crippen LogP contribution in [0.25, 0.3) is 0 Å². The third kappa shape index (κ3) is 4.76.